The number of thiophene rings is 1. The molecular weight excluding hydrogens is 197 g/mol. The van der Waals surface area contributed by atoms with Crippen molar-refractivity contribution in [1.82, 2.24) is 0 Å². The molecule has 0 unspecified atom stereocenters. The van der Waals surface area contributed by atoms with Crippen LogP contribution in [0.5, 0.6) is 0 Å². The molecule has 1 aromatic carbocycles. The minimum absolute atomic E-state index is 0.338. The molecule has 0 amide bonds. The van der Waals surface area contributed by atoms with Crippen molar-refractivity contribution in [2.75, 3.05) is 0 Å². The molecule has 1 aromatic heterocycles. The molecule has 2 aromatic rings. The minimum atomic E-state index is -0.338. The van der Waals surface area contributed by atoms with Crippen molar-refractivity contribution in [1.29, 1.82) is 5.26 Å². The van der Waals surface area contributed by atoms with E-state index < -0.39 is 0 Å². The summed E-state index contributed by atoms with van der Waals surface area (Å²) < 4.78 is 13.9. The lowest BCUT2D eigenvalue weighted by atomic mass is 10.1. The highest BCUT2D eigenvalue weighted by Crippen LogP contribution is 2.29. The predicted octanol–water partition coefficient (Wildman–Crippen LogP) is 3.47. The van der Waals surface area contributed by atoms with Gasteiger partial charge in [-0.25, -0.2) is 4.39 Å². The van der Waals surface area contributed by atoms with Crippen LogP contribution in [0, 0.1) is 17.1 Å². The molecule has 0 N–H and O–H groups in total. The SMILES string of the molecule is CCc1cc2cc(F)cc(C#N)c2s1. The van der Waals surface area contributed by atoms with Crippen molar-refractivity contribution in [2.45, 2.75) is 13.3 Å². The van der Waals surface area contributed by atoms with Crippen molar-refractivity contribution in [3.05, 3.63) is 34.5 Å². The van der Waals surface area contributed by atoms with E-state index in [2.05, 4.69) is 0 Å². The Balaban J connectivity index is 2.79. The molecule has 2 rings (SSSR count). The van der Waals surface area contributed by atoms with Crippen molar-refractivity contribution in [3.63, 3.8) is 0 Å². The van der Waals surface area contributed by atoms with Gasteiger partial charge in [0.15, 0.2) is 0 Å². The third-order valence-electron chi connectivity index (χ3n) is 2.10. The first kappa shape index (κ1) is 9.17. The fourth-order valence-corrected chi connectivity index (χ4v) is 2.47. The van der Waals surface area contributed by atoms with Gasteiger partial charge < -0.3 is 0 Å². The summed E-state index contributed by atoms with van der Waals surface area (Å²) in [5.41, 5.74) is 0.435. The Hall–Kier alpha value is -1.40. The zero-order valence-electron chi connectivity index (χ0n) is 7.67. The van der Waals surface area contributed by atoms with Gasteiger partial charge in [0.2, 0.25) is 0 Å². The molecule has 1 nitrogen and oxygen atoms in total. The van der Waals surface area contributed by atoms with Crippen LogP contribution >= 0.6 is 11.3 Å². The van der Waals surface area contributed by atoms with E-state index in [4.69, 9.17) is 5.26 Å². The fraction of sp³-hybridized carbons (Fsp3) is 0.182. The van der Waals surface area contributed by atoms with Gasteiger partial charge >= 0.3 is 0 Å². The molecule has 14 heavy (non-hydrogen) atoms. The summed E-state index contributed by atoms with van der Waals surface area (Å²) in [4.78, 5) is 1.18. The van der Waals surface area contributed by atoms with Crippen LogP contribution in [0.25, 0.3) is 10.1 Å². The Morgan fingerprint density at radius 2 is 2.21 bits per heavy atom. The van der Waals surface area contributed by atoms with Crippen molar-refractivity contribution in [2.24, 2.45) is 0 Å². The summed E-state index contributed by atoms with van der Waals surface area (Å²) in [5, 5.41) is 9.67. The molecule has 0 aliphatic carbocycles. The second-order valence-electron chi connectivity index (χ2n) is 3.05. The van der Waals surface area contributed by atoms with E-state index in [1.165, 1.54) is 17.0 Å². The van der Waals surface area contributed by atoms with Gasteiger partial charge in [0, 0.05) is 4.88 Å². The third-order valence-corrected chi connectivity index (χ3v) is 3.43. The summed E-state index contributed by atoms with van der Waals surface area (Å²) in [7, 11) is 0. The molecule has 0 bridgehead atoms. The molecule has 70 valence electrons. The highest BCUT2D eigenvalue weighted by Gasteiger charge is 2.07. The average Bonchev–Trinajstić information content (AvgIpc) is 2.59. The number of fused-ring (bicyclic) bond motifs is 1. The molecule has 0 saturated carbocycles. The first-order valence-electron chi connectivity index (χ1n) is 4.36. The average molecular weight is 205 g/mol. The standard InChI is InChI=1S/C11H8FNS/c1-2-10-5-7-3-9(12)4-8(6-13)11(7)14-10/h3-5H,2H2,1H3. The van der Waals surface area contributed by atoms with Crippen molar-refractivity contribution >= 4 is 21.4 Å². The summed E-state index contributed by atoms with van der Waals surface area (Å²) >= 11 is 1.57. The van der Waals surface area contributed by atoms with Gasteiger partial charge in [-0.05, 0) is 30.0 Å². The van der Waals surface area contributed by atoms with Crippen LogP contribution in [-0.2, 0) is 6.42 Å². The first-order valence-corrected chi connectivity index (χ1v) is 5.18. The Morgan fingerprint density at radius 1 is 1.43 bits per heavy atom. The van der Waals surface area contributed by atoms with Crippen molar-refractivity contribution < 1.29 is 4.39 Å². The lowest BCUT2D eigenvalue weighted by molar-refractivity contribution is 0.629. The highest BCUT2D eigenvalue weighted by atomic mass is 32.1. The molecule has 0 aliphatic rings. The van der Waals surface area contributed by atoms with Crippen LogP contribution < -0.4 is 0 Å². The summed E-state index contributed by atoms with van der Waals surface area (Å²) in [6.07, 6.45) is 0.922. The van der Waals surface area contributed by atoms with E-state index in [9.17, 15) is 4.39 Å². The molecule has 0 saturated heterocycles. The Labute approximate surface area is 85.4 Å². The van der Waals surface area contributed by atoms with Crippen LogP contribution in [0.1, 0.15) is 17.4 Å². The van der Waals surface area contributed by atoms with E-state index in [0.717, 1.165) is 16.5 Å². The van der Waals surface area contributed by atoms with Crippen molar-refractivity contribution in [3.8, 4) is 6.07 Å². The zero-order valence-corrected chi connectivity index (χ0v) is 8.49. The number of benzene rings is 1. The summed E-state index contributed by atoms with van der Waals surface area (Å²) in [6.45, 7) is 2.05. The van der Waals surface area contributed by atoms with E-state index in [1.807, 2.05) is 19.1 Å². The number of halogens is 1. The van der Waals surface area contributed by atoms with Crippen LogP contribution in [-0.4, -0.2) is 0 Å². The van der Waals surface area contributed by atoms with Gasteiger partial charge in [0.05, 0.1) is 10.3 Å². The lowest BCUT2D eigenvalue weighted by Gasteiger charge is -1.92. The molecule has 0 radical (unpaired) electrons. The second-order valence-corrected chi connectivity index (χ2v) is 4.19. The monoisotopic (exact) mass is 205 g/mol. The van der Waals surface area contributed by atoms with E-state index in [-0.39, 0.29) is 5.82 Å². The fourth-order valence-electron chi connectivity index (χ4n) is 1.43. The smallest absolute Gasteiger partial charge is 0.125 e. The number of hydrogen-bond acceptors (Lipinski definition) is 2. The maximum absolute atomic E-state index is 13.1. The molecular formula is C11H8FNS. The van der Waals surface area contributed by atoms with Crippen LogP contribution in [0.15, 0.2) is 18.2 Å². The van der Waals surface area contributed by atoms with Gasteiger partial charge in [-0.15, -0.1) is 11.3 Å². The molecule has 3 heteroatoms. The third kappa shape index (κ3) is 1.38. The van der Waals surface area contributed by atoms with Crippen LogP contribution in [0.4, 0.5) is 4.39 Å². The van der Waals surface area contributed by atoms with Crippen LogP contribution in [0.2, 0.25) is 0 Å². The molecule has 0 aliphatic heterocycles. The minimum Gasteiger partial charge on any atom is -0.207 e. The molecule has 0 fully saturated rings. The zero-order chi connectivity index (χ0) is 10.1. The summed E-state index contributed by atoms with van der Waals surface area (Å²) in [6, 6.07) is 6.73. The number of hydrogen-bond donors (Lipinski definition) is 0. The quantitative estimate of drug-likeness (QED) is 0.699. The Kier molecular flexibility index (Phi) is 2.22. The number of nitrogens with zero attached hydrogens (tertiary/aromatic N) is 1. The molecule has 0 spiro atoms. The number of rotatable bonds is 1. The van der Waals surface area contributed by atoms with Gasteiger partial charge in [-0.3, -0.25) is 0 Å². The van der Waals surface area contributed by atoms with Gasteiger partial charge in [-0.2, -0.15) is 5.26 Å². The molecule has 1 heterocycles. The normalized spacial score (nSPS) is 10.4. The first-order chi connectivity index (χ1) is 6.74. The largest absolute Gasteiger partial charge is 0.207 e. The number of aryl methyl sites for hydroxylation is 1. The van der Waals surface area contributed by atoms with Crippen LogP contribution in [0.3, 0.4) is 0 Å². The highest BCUT2D eigenvalue weighted by molar-refractivity contribution is 7.19. The number of nitriles is 1. The Bertz CT molecular complexity index is 522. The van der Waals surface area contributed by atoms with E-state index in [0.29, 0.717) is 5.56 Å². The van der Waals surface area contributed by atoms with E-state index >= 15 is 0 Å². The predicted molar refractivity (Wildman–Crippen MR) is 55.9 cm³/mol. The Morgan fingerprint density at radius 3 is 2.86 bits per heavy atom. The lowest BCUT2D eigenvalue weighted by Crippen LogP contribution is -1.78. The maximum atomic E-state index is 13.1. The maximum Gasteiger partial charge on any atom is 0.125 e. The summed E-state index contributed by atoms with van der Waals surface area (Å²) in [5.74, 6) is -0.338. The second kappa shape index (κ2) is 3.39. The van der Waals surface area contributed by atoms with Gasteiger partial charge in [0.1, 0.15) is 11.9 Å². The van der Waals surface area contributed by atoms with E-state index in [1.54, 1.807) is 11.3 Å². The van der Waals surface area contributed by atoms with Gasteiger partial charge in [0.25, 0.3) is 0 Å². The van der Waals surface area contributed by atoms with Gasteiger partial charge in [-0.1, -0.05) is 6.92 Å². The molecule has 0 atom stereocenters. The topological polar surface area (TPSA) is 23.8 Å².